The number of carbonyl (C=O) groups excluding carboxylic acids is 1. The van der Waals surface area contributed by atoms with Crippen LogP contribution in [-0.4, -0.2) is 11.0 Å². The summed E-state index contributed by atoms with van der Waals surface area (Å²) in [6.45, 7) is 1.35. The van der Waals surface area contributed by atoms with E-state index in [1.165, 1.54) is 19.1 Å². The third-order valence-corrected chi connectivity index (χ3v) is 3.07. The number of benzene rings is 2. The van der Waals surface area contributed by atoms with Gasteiger partial charge in [0, 0.05) is 23.9 Å². The van der Waals surface area contributed by atoms with Crippen molar-refractivity contribution < 1.29 is 13.9 Å². The van der Waals surface area contributed by atoms with Gasteiger partial charge in [-0.1, -0.05) is 12.1 Å². The Labute approximate surface area is 121 Å². The number of esters is 1. The summed E-state index contributed by atoms with van der Waals surface area (Å²) in [6, 6.07) is 15.1. The van der Waals surface area contributed by atoms with Gasteiger partial charge in [-0.25, -0.2) is 9.37 Å². The van der Waals surface area contributed by atoms with E-state index in [1.807, 2.05) is 24.3 Å². The van der Waals surface area contributed by atoms with Crippen molar-refractivity contribution in [2.45, 2.75) is 6.92 Å². The maximum atomic E-state index is 13.0. The first-order chi connectivity index (χ1) is 10.1. The fourth-order valence-electron chi connectivity index (χ4n) is 2.15. The van der Waals surface area contributed by atoms with Gasteiger partial charge in [0.15, 0.2) is 0 Å². The van der Waals surface area contributed by atoms with Crippen LogP contribution in [0.5, 0.6) is 5.75 Å². The number of para-hydroxylation sites is 1. The summed E-state index contributed by atoms with van der Waals surface area (Å²) in [4.78, 5) is 15.8. The second-order valence-electron chi connectivity index (χ2n) is 4.62. The average molecular weight is 281 g/mol. The van der Waals surface area contributed by atoms with Crippen molar-refractivity contribution in [3.63, 3.8) is 0 Å². The molecule has 0 saturated carbocycles. The van der Waals surface area contributed by atoms with E-state index in [4.69, 9.17) is 4.74 Å². The van der Waals surface area contributed by atoms with E-state index in [1.54, 1.807) is 18.2 Å². The molecule has 0 bridgehead atoms. The third-order valence-electron chi connectivity index (χ3n) is 3.07. The van der Waals surface area contributed by atoms with Gasteiger partial charge in [0.2, 0.25) is 0 Å². The molecule has 104 valence electrons. The van der Waals surface area contributed by atoms with Crippen LogP contribution in [0.2, 0.25) is 0 Å². The maximum absolute atomic E-state index is 13.0. The number of carbonyl (C=O) groups is 1. The number of rotatable bonds is 2. The molecule has 0 N–H and O–H groups in total. The van der Waals surface area contributed by atoms with E-state index in [-0.39, 0.29) is 5.82 Å². The van der Waals surface area contributed by atoms with Gasteiger partial charge in [0.25, 0.3) is 0 Å². The molecule has 1 heterocycles. The number of nitrogens with zero attached hydrogens (tertiary/aromatic N) is 1. The lowest BCUT2D eigenvalue weighted by Crippen LogP contribution is -2.02. The zero-order valence-electron chi connectivity index (χ0n) is 11.3. The number of hydrogen-bond donors (Lipinski definition) is 0. The van der Waals surface area contributed by atoms with Crippen molar-refractivity contribution in [3.8, 4) is 17.0 Å². The molecule has 0 fully saturated rings. The first kappa shape index (κ1) is 13.2. The molecule has 0 saturated heterocycles. The van der Waals surface area contributed by atoms with Crippen molar-refractivity contribution in [2.75, 3.05) is 0 Å². The topological polar surface area (TPSA) is 39.2 Å². The lowest BCUT2D eigenvalue weighted by atomic mass is 10.1. The van der Waals surface area contributed by atoms with Crippen molar-refractivity contribution in [1.29, 1.82) is 0 Å². The maximum Gasteiger partial charge on any atom is 0.308 e. The lowest BCUT2D eigenvalue weighted by Gasteiger charge is -2.09. The van der Waals surface area contributed by atoms with Crippen LogP contribution in [0.4, 0.5) is 4.39 Å². The molecule has 1 aromatic heterocycles. The van der Waals surface area contributed by atoms with Crippen molar-refractivity contribution in [3.05, 3.63) is 60.4 Å². The summed E-state index contributed by atoms with van der Waals surface area (Å²) in [5, 5.41) is 0.763. The number of halogens is 1. The molecule has 0 aliphatic heterocycles. The highest BCUT2D eigenvalue weighted by atomic mass is 19.1. The summed E-state index contributed by atoms with van der Waals surface area (Å²) in [5.41, 5.74) is 2.11. The van der Waals surface area contributed by atoms with Crippen LogP contribution >= 0.6 is 0 Å². The molecule has 0 unspecified atom stereocenters. The summed E-state index contributed by atoms with van der Waals surface area (Å²) in [6.07, 6.45) is 0. The van der Waals surface area contributed by atoms with Crippen molar-refractivity contribution in [2.24, 2.45) is 0 Å². The van der Waals surface area contributed by atoms with Crippen LogP contribution in [0.1, 0.15) is 6.92 Å². The molecule has 4 heteroatoms. The van der Waals surface area contributed by atoms with E-state index >= 15 is 0 Å². The molecular weight excluding hydrogens is 269 g/mol. The standard InChI is InChI=1S/C17H12FNO2/c1-11(20)21-17-10-16(12-6-8-13(18)9-7-12)19-15-5-3-2-4-14(15)17/h2-10H,1H3. The zero-order chi connectivity index (χ0) is 14.8. The number of ether oxygens (including phenoxy) is 1. The molecule has 0 spiro atoms. The third kappa shape index (κ3) is 2.74. The van der Waals surface area contributed by atoms with Gasteiger partial charge in [-0.3, -0.25) is 4.79 Å². The predicted molar refractivity (Wildman–Crippen MR) is 78.4 cm³/mol. The molecule has 2 aromatic carbocycles. The van der Waals surface area contributed by atoms with Crippen molar-refractivity contribution >= 4 is 16.9 Å². The number of pyridine rings is 1. The molecule has 0 amide bonds. The Morgan fingerprint density at radius 2 is 1.81 bits per heavy atom. The van der Waals surface area contributed by atoms with E-state index < -0.39 is 5.97 Å². The quantitative estimate of drug-likeness (QED) is 0.667. The molecule has 21 heavy (non-hydrogen) atoms. The molecule has 0 aliphatic carbocycles. The molecular formula is C17H12FNO2. The fourth-order valence-corrected chi connectivity index (χ4v) is 2.15. The fraction of sp³-hybridized carbons (Fsp3) is 0.0588. The summed E-state index contributed by atoms with van der Waals surface area (Å²) < 4.78 is 18.3. The van der Waals surface area contributed by atoms with Crippen LogP contribution in [0.3, 0.4) is 0 Å². The first-order valence-electron chi connectivity index (χ1n) is 6.47. The Hall–Kier alpha value is -2.75. The Morgan fingerprint density at radius 1 is 1.10 bits per heavy atom. The Kier molecular flexibility index (Phi) is 3.36. The first-order valence-corrected chi connectivity index (χ1v) is 6.47. The van der Waals surface area contributed by atoms with Crippen LogP contribution < -0.4 is 4.74 Å². The minimum absolute atomic E-state index is 0.306. The smallest absolute Gasteiger partial charge is 0.308 e. The highest BCUT2D eigenvalue weighted by Crippen LogP contribution is 2.30. The Bertz CT molecular complexity index is 813. The van der Waals surface area contributed by atoms with E-state index in [9.17, 15) is 9.18 Å². The molecule has 3 nitrogen and oxygen atoms in total. The zero-order valence-corrected chi connectivity index (χ0v) is 11.3. The summed E-state index contributed by atoms with van der Waals surface area (Å²) >= 11 is 0. The average Bonchev–Trinajstić information content (AvgIpc) is 2.47. The summed E-state index contributed by atoms with van der Waals surface area (Å²) in [5.74, 6) is -0.247. The van der Waals surface area contributed by atoms with E-state index in [0.29, 0.717) is 11.4 Å². The van der Waals surface area contributed by atoms with Crippen molar-refractivity contribution in [1.82, 2.24) is 4.98 Å². The van der Waals surface area contributed by atoms with Crippen LogP contribution in [0, 0.1) is 5.82 Å². The second-order valence-corrected chi connectivity index (χ2v) is 4.62. The van der Waals surface area contributed by atoms with Crippen LogP contribution in [0.25, 0.3) is 22.2 Å². The largest absolute Gasteiger partial charge is 0.426 e. The van der Waals surface area contributed by atoms with Gasteiger partial charge in [0.1, 0.15) is 11.6 Å². The Morgan fingerprint density at radius 3 is 2.52 bits per heavy atom. The molecule has 0 radical (unpaired) electrons. The Balaban J connectivity index is 2.19. The minimum Gasteiger partial charge on any atom is -0.426 e. The SMILES string of the molecule is CC(=O)Oc1cc(-c2ccc(F)cc2)nc2ccccc12. The molecule has 3 rings (SSSR count). The van der Waals surface area contributed by atoms with Gasteiger partial charge in [-0.2, -0.15) is 0 Å². The van der Waals surface area contributed by atoms with Gasteiger partial charge in [0.05, 0.1) is 11.2 Å². The molecule has 3 aromatic rings. The lowest BCUT2D eigenvalue weighted by molar-refractivity contribution is -0.131. The van der Waals surface area contributed by atoms with Crippen LogP contribution in [0.15, 0.2) is 54.6 Å². The van der Waals surface area contributed by atoms with Gasteiger partial charge >= 0.3 is 5.97 Å². The van der Waals surface area contributed by atoms with E-state index in [2.05, 4.69) is 4.98 Å². The predicted octanol–water partition coefficient (Wildman–Crippen LogP) is 3.97. The number of fused-ring (bicyclic) bond motifs is 1. The highest BCUT2D eigenvalue weighted by molar-refractivity contribution is 5.89. The molecule has 0 atom stereocenters. The highest BCUT2D eigenvalue weighted by Gasteiger charge is 2.10. The molecule has 0 aliphatic rings. The van der Waals surface area contributed by atoms with Gasteiger partial charge in [-0.05, 0) is 36.4 Å². The van der Waals surface area contributed by atoms with Crippen LogP contribution in [-0.2, 0) is 4.79 Å². The second kappa shape index (κ2) is 5.32. The summed E-state index contributed by atoms with van der Waals surface area (Å²) in [7, 11) is 0. The van der Waals surface area contributed by atoms with Gasteiger partial charge in [-0.15, -0.1) is 0 Å². The van der Waals surface area contributed by atoms with Gasteiger partial charge < -0.3 is 4.74 Å². The minimum atomic E-state index is -0.392. The number of aromatic nitrogens is 1. The van der Waals surface area contributed by atoms with E-state index in [0.717, 1.165) is 16.5 Å². The number of hydrogen-bond acceptors (Lipinski definition) is 3. The normalized spacial score (nSPS) is 10.6. The monoisotopic (exact) mass is 281 g/mol.